The molecule has 4 nitrogen and oxygen atoms in total. The summed E-state index contributed by atoms with van der Waals surface area (Å²) in [5.74, 6) is -1.31. The quantitative estimate of drug-likeness (QED) is 0.673. The normalized spacial score (nSPS) is 16.5. The van der Waals surface area contributed by atoms with Gasteiger partial charge in [0.05, 0.1) is 5.02 Å². The van der Waals surface area contributed by atoms with Gasteiger partial charge in [-0.3, -0.25) is 0 Å². The molecule has 0 amide bonds. The predicted octanol–water partition coefficient (Wildman–Crippen LogP) is 2.78. The van der Waals surface area contributed by atoms with Crippen LogP contribution in [0.2, 0.25) is 5.02 Å². The van der Waals surface area contributed by atoms with Gasteiger partial charge in [-0.2, -0.15) is 17.5 Å². The van der Waals surface area contributed by atoms with Gasteiger partial charge >= 0.3 is 6.18 Å². The van der Waals surface area contributed by atoms with Gasteiger partial charge in [0.15, 0.2) is 5.82 Å². The second kappa shape index (κ2) is 5.29. The summed E-state index contributed by atoms with van der Waals surface area (Å²) < 4.78 is 76.4. The fraction of sp³-hybridized carbons (Fsp3) is 0.455. The lowest BCUT2D eigenvalue weighted by Crippen LogP contribution is -2.40. The third kappa shape index (κ3) is 3.58. The Hall–Kier alpha value is -1.06. The van der Waals surface area contributed by atoms with Gasteiger partial charge < -0.3 is 5.73 Å². The minimum absolute atomic E-state index is 0.150. The van der Waals surface area contributed by atoms with Gasteiger partial charge in [-0.15, -0.1) is 0 Å². The molecule has 1 fully saturated rings. The molecule has 0 saturated heterocycles. The van der Waals surface area contributed by atoms with Crippen molar-refractivity contribution in [3.63, 3.8) is 0 Å². The first kappa shape index (κ1) is 16.3. The number of nitrogens with two attached hydrogens (primary N) is 1. The largest absolute Gasteiger partial charge is 0.402 e. The Bertz CT molecular complexity index is 659. The summed E-state index contributed by atoms with van der Waals surface area (Å²) in [6, 6.07) is 0.972. The van der Waals surface area contributed by atoms with Crippen LogP contribution >= 0.6 is 11.6 Å². The van der Waals surface area contributed by atoms with E-state index in [1.165, 1.54) is 0 Å². The van der Waals surface area contributed by atoms with Gasteiger partial charge in [0, 0.05) is 11.7 Å². The van der Waals surface area contributed by atoms with Crippen LogP contribution < -0.4 is 5.73 Å². The van der Waals surface area contributed by atoms with E-state index in [9.17, 15) is 26.0 Å². The number of nitrogens with zero attached hydrogens (tertiary/aromatic N) is 1. The highest BCUT2D eigenvalue weighted by atomic mass is 35.5. The molecule has 0 aliphatic heterocycles. The van der Waals surface area contributed by atoms with Crippen molar-refractivity contribution in [1.29, 1.82) is 0 Å². The maximum atomic E-state index is 13.9. The average Bonchev–Trinajstić information content (AvgIpc) is 3.13. The first-order valence-electron chi connectivity index (χ1n) is 5.85. The zero-order valence-corrected chi connectivity index (χ0v) is 12.1. The van der Waals surface area contributed by atoms with Crippen molar-refractivity contribution < 1.29 is 26.0 Å². The SMILES string of the molecule is Nc1cc(Cl)c(F)c(S(=O)(=O)N(CC(F)(F)F)C2CC2)c1. The standard InChI is InChI=1S/C11H11ClF4N2O2S/c12-8-3-6(17)4-9(10(8)13)21(19,20)18(7-1-2-7)5-11(14,15)16/h3-4,7H,1-2,5,17H2. The molecule has 0 bridgehead atoms. The highest BCUT2D eigenvalue weighted by molar-refractivity contribution is 7.89. The van der Waals surface area contributed by atoms with E-state index in [4.69, 9.17) is 17.3 Å². The van der Waals surface area contributed by atoms with Crippen molar-refractivity contribution >= 4 is 27.3 Å². The van der Waals surface area contributed by atoms with Crippen LogP contribution in [0.4, 0.5) is 23.2 Å². The number of alkyl halides is 3. The van der Waals surface area contributed by atoms with E-state index >= 15 is 0 Å². The van der Waals surface area contributed by atoms with Gasteiger partial charge in [0.2, 0.25) is 10.0 Å². The van der Waals surface area contributed by atoms with E-state index in [1.807, 2.05) is 0 Å². The Morgan fingerprint density at radius 2 is 1.90 bits per heavy atom. The maximum absolute atomic E-state index is 13.9. The Balaban J connectivity index is 2.49. The van der Waals surface area contributed by atoms with Gasteiger partial charge in [-0.05, 0) is 25.0 Å². The van der Waals surface area contributed by atoms with Gasteiger partial charge in [-0.25, -0.2) is 12.8 Å². The lowest BCUT2D eigenvalue weighted by Gasteiger charge is -2.23. The molecule has 1 aromatic rings. The van der Waals surface area contributed by atoms with Crippen LogP contribution in [0, 0.1) is 5.82 Å². The number of nitrogen functional groups attached to an aromatic ring is 1. The van der Waals surface area contributed by atoms with Gasteiger partial charge in [0.25, 0.3) is 0 Å². The molecule has 0 atom stereocenters. The molecule has 10 heteroatoms. The molecule has 0 radical (unpaired) electrons. The second-order valence-electron chi connectivity index (χ2n) is 4.71. The summed E-state index contributed by atoms with van der Waals surface area (Å²) in [5, 5.41) is -0.559. The van der Waals surface area contributed by atoms with E-state index < -0.39 is 44.5 Å². The first-order valence-corrected chi connectivity index (χ1v) is 7.67. The predicted molar refractivity (Wildman–Crippen MR) is 68.8 cm³/mol. The van der Waals surface area contributed by atoms with E-state index in [2.05, 4.69) is 0 Å². The molecule has 0 aromatic heterocycles. The summed E-state index contributed by atoms with van der Waals surface area (Å²) in [6.07, 6.45) is -4.13. The number of hydrogen-bond donors (Lipinski definition) is 1. The van der Waals surface area contributed by atoms with Crippen molar-refractivity contribution in [2.75, 3.05) is 12.3 Å². The smallest absolute Gasteiger partial charge is 0.399 e. The minimum atomic E-state index is -4.73. The lowest BCUT2D eigenvalue weighted by atomic mass is 10.3. The third-order valence-electron chi connectivity index (χ3n) is 2.89. The summed E-state index contributed by atoms with van der Waals surface area (Å²) in [5.41, 5.74) is 5.24. The van der Waals surface area contributed by atoms with E-state index in [-0.39, 0.29) is 9.99 Å². The van der Waals surface area contributed by atoms with Crippen LogP contribution in [0.25, 0.3) is 0 Å². The lowest BCUT2D eigenvalue weighted by molar-refractivity contribution is -0.137. The Labute approximate surface area is 123 Å². The molecule has 1 aromatic carbocycles. The molecule has 0 heterocycles. The monoisotopic (exact) mass is 346 g/mol. The van der Waals surface area contributed by atoms with Crippen LogP contribution in [0.3, 0.4) is 0 Å². The Morgan fingerprint density at radius 3 is 2.38 bits per heavy atom. The number of halogens is 5. The van der Waals surface area contributed by atoms with Gasteiger partial charge in [0.1, 0.15) is 11.4 Å². The molecule has 1 aliphatic carbocycles. The third-order valence-corrected chi connectivity index (χ3v) is 5.07. The number of anilines is 1. The van der Waals surface area contributed by atoms with Crippen molar-refractivity contribution in [2.24, 2.45) is 0 Å². The van der Waals surface area contributed by atoms with Crippen LogP contribution in [0.1, 0.15) is 12.8 Å². The summed E-state index contributed by atoms with van der Waals surface area (Å²) in [7, 11) is -4.67. The highest BCUT2D eigenvalue weighted by Gasteiger charge is 2.45. The fourth-order valence-corrected chi connectivity index (χ4v) is 3.92. The molecule has 0 spiro atoms. The van der Waals surface area contributed by atoms with Crippen molar-refractivity contribution in [3.05, 3.63) is 23.0 Å². The van der Waals surface area contributed by atoms with Crippen LogP contribution in [-0.2, 0) is 10.0 Å². The van der Waals surface area contributed by atoms with E-state index in [1.54, 1.807) is 0 Å². The number of rotatable bonds is 4. The van der Waals surface area contributed by atoms with Crippen LogP contribution in [0.5, 0.6) is 0 Å². The number of sulfonamides is 1. The molecule has 21 heavy (non-hydrogen) atoms. The molecule has 1 aliphatic rings. The van der Waals surface area contributed by atoms with Gasteiger partial charge in [-0.1, -0.05) is 11.6 Å². The second-order valence-corrected chi connectivity index (χ2v) is 6.98. The Morgan fingerprint density at radius 1 is 1.33 bits per heavy atom. The molecule has 118 valence electrons. The number of hydrogen-bond acceptors (Lipinski definition) is 3. The summed E-state index contributed by atoms with van der Waals surface area (Å²) in [6.45, 7) is -1.67. The first-order chi connectivity index (χ1) is 9.52. The molecule has 2 N–H and O–H groups in total. The highest BCUT2D eigenvalue weighted by Crippen LogP contribution is 2.36. The Kier molecular flexibility index (Phi) is 4.11. The minimum Gasteiger partial charge on any atom is -0.399 e. The summed E-state index contributed by atoms with van der Waals surface area (Å²) in [4.78, 5) is -0.941. The van der Waals surface area contributed by atoms with Crippen molar-refractivity contribution in [1.82, 2.24) is 4.31 Å². The van der Waals surface area contributed by atoms with Crippen LogP contribution in [-0.4, -0.2) is 31.5 Å². The van der Waals surface area contributed by atoms with Crippen LogP contribution in [0.15, 0.2) is 17.0 Å². The topological polar surface area (TPSA) is 63.4 Å². The number of benzene rings is 1. The molecule has 1 saturated carbocycles. The molecular weight excluding hydrogens is 336 g/mol. The average molecular weight is 347 g/mol. The summed E-state index contributed by atoms with van der Waals surface area (Å²) >= 11 is 5.50. The maximum Gasteiger partial charge on any atom is 0.402 e. The fourth-order valence-electron chi connectivity index (χ4n) is 1.85. The van der Waals surface area contributed by atoms with E-state index in [0.29, 0.717) is 12.8 Å². The molecule has 0 unspecified atom stereocenters. The zero-order chi connectivity index (χ0) is 16.0. The molecule has 2 rings (SSSR count). The zero-order valence-electron chi connectivity index (χ0n) is 10.5. The van der Waals surface area contributed by atoms with Crippen molar-refractivity contribution in [2.45, 2.75) is 30.0 Å². The molecular formula is C11H11ClF4N2O2S. The van der Waals surface area contributed by atoms with Crippen molar-refractivity contribution in [3.8, 4) is 0 Å². The van der Waals surface area contributed by atoms with E-state index in [0.717, 1.165) is 12.1 Å².